The van der Waals surface area contributed by atoms with Gasteiger partial charge in [-0.15, -0.1) is 0 Å². The molecule has 0 aliphatic carbocycles. The van der Waals surface area contributed by atoms with Gasteiger partial charge in [-0.05, 0) is 18.3 Å². The van der Waals surface area contributed by atoms with Crippen LogP contribution in [0.15, 0.2) is 0 Å². The lowest BCUT2D eigenvalue weighted by molar-refractivity contribution is -0.147. The normalized spacial score (nSPS) is 12.2. The molecule has 1 N–H and O–H groups in total. The van der Waals surface area contributed by atoms with Gasteiger partial charge in [0, 0.05) is 0 Å². The fraction of sp³-hybridized carbons (Fsp3) is 0.923. The minimum Gasteiger partial charge on any atom is -0.464 e. The predicted molar refractivity (Wildman–Crippen MR) is 129 cm³/mol. The highest BCUT2D eigenvalue weighted by atomic mass is 16.6. The standard InChI is InChI=1S/C26H51NO4/c1-6-7-8-9-10-11-12-13-14-15-16-17-18-19-20-30-25(28)24(23(4)5)27-26(29)31-21-22(2)3/h22-24H,6-21H2,1-5H3,(H,27,29). The second-order valence-electron chi connectivity index (χ2n) is 9.62. The van der Waals surface area contributed by atoms with Gasteiger partial charge in [0.25, 0.3) is 0 Å². The van der Waals surface area contributed by atoms with Crippen molar-refractivity contribution in [2.24, 2.45) is 11.8 Å². The summed E-state index contributed by atoms with van der Waals surface area (Å²) in [6.45, 7) is 10.7. The molecule has 0 rings (SSSR count). The van der Waals surface area contributed by atoms with E-state index in [1.165, 1.54) is 77.0 Å². The van der Waals surface area contributed by atoms with Crippen molar-refractivity contribution in [3.8, 4) is 0 Å². The molecule has 5 heteroatoms. The van der Waals surface area contributed by atoms with Gasteiger partial charge >= 0.3 is 12.1 Å². The second-order valence-corrected chi connectivity index (χ2v) is 9.62. The molecule has 0 bridgehead atoms. The van der Waals surface area contributed by atoms with E-state index in [1.807, 2.05) is 27.7 Å². The van der Waals surface area contributed by atoms with E-state index < -0.39 is 12.1 Å². The Morgan fingerprint density at radius 1 is 0.677 bits per heavy atom. The number of rotatable bonds is 20. The van der Waals surface area contributed by atoms with Gasteiger partial charge in [0.1, 0.15) is 6.04 Å². The van der Waals surface area contributed by atoms with Gasteiger partial charge in [-0.2, -0.15) is 0 Å². The molecule has 1 atom stereocenters. The molecule has 0 aliphatic heterocycles. The summed E-state index contributed by atoms with van der Waals surface area (Å²) >= 11 is 0. The zero-order valence-electron chi connectivity index (χ0n) is 21.2. The van der Waals surface area contributed by atoms with E-state index in [9.17, 15) is 9.59 Å². The first-order chi connectivity index (χ1) is 14.9. The molecule has 184 valence electrons. The number of hydrogen-bond donors (Lipinski definition) is 1. The smallest absolute Gasteiger partial charge is 0.407 e. The monoisotopic (exact) mass is 441 g/mol. The highest BCUT2D eigenvalue weighted by Gasteiger charge is 2.26. The van der Waals surface area contributed by atoms with Crippen LogP contribution in [-0.4, -0.2) is 31.3 Å². The molecule has 0 aliphatic rings. The van der Waals surface area contributed by atoms with Crippen LogP contribution in [0, 0.1) is 11.8 Å². The third-order valence-electron chi connectivity index (χ3n) is 5.48. The van der Waals surface area contributed by atoms with Crippen molar-refractivity contribution in [3.05, 3.63) is 0 Å². The summed E-state index contributed by atoms with van der Waals surface area (Å²) in [6, 6.07) is -0.661. The zero-order chi connectivity index (χ0) is 23.3. The van der Waals surface area contributed by atoms with Crippen LogP contribution in [0.25, 0.3) is 0 Å². The molecular weight excluding hydrogens is 390 g/mol. The highest BCUT2D eigenvalue weighted by molar-refractivity contribution is 5.81. The lowest BCUT2D eigenvalue weighted by Crippen LogP contribution is -2.45. The Kier molecular flexibility index (Phi) is 19.8. The number of hydrogen-bond acceptors (Lipinski definition) is 4. The zero-order valence-corrected chi connectivity index (χ0v) is 21.2. The number of amides is 1. The van der Waals surface area contributed by atoms with Crippen molar-refractivity contribution in [3.63, 3.8) is 0 Å². The number of ether oxygens (including phenoxy) is 2. The van der Waals surface area contributed by atoms with Crippen LogP contribution >= 0.6 is 0 Å². The fourth-order valence-electron chi connectivity index (χ4n) is 3.47. The molecule has 0 saturated carbocycles. The average Bonchev–Trinajstić information content (AvgIpc) is 2.72. The largest absolute Gasteiger partial charge is 0.464 e. The van der Waals surface area contributed by atoms with Gasteiger partial charge in [0.15, 0.2) is 0 Å². The second kappa shape index (κ2) is 20.6. The predicted octanol–water partition coefficient (Wildman–Crippen LogP) is 7.42. The van der Waals surface area contributed by atoms with Crippen LogP contribution in [0.1, 0.15) is 125 Å². The van der Waals surface area contributed by atoms with E-state index in [1.54, 1.807) is 0 Å². The summed E-state index contributed by atoms with van der Waals surface area (Å²) in [4.78, 5) is 24.1. The molecule has 0 aromatic rings. The molecule has 0 spiro atoms. The Balaban J connectivity index is 3.64. The van der Waals surface area contributed by atoms with Gasteiger partial charge in [0.05, 0.1) is 13.2 Å². The van der Waals surface area contributed by atoms with Crippen molar-refractivity contribution < 1.29 is 19.1 Å². The van der Waals surface area contributed by atoms with E-state index in [4.69, 9.17) is 9.47 Å². The maximum absolute atomic E-state index is 12.3. The van der Waals surface area contributed by atoms with Crippen LogP contribution in [0.3, 0.4) is 0 Å². The van der Waals surface area contributed by atoms with Crippen molar-refractivity contribution in [2.45, 2.75) is 131 Å². The van der Waals surface area contributed by atoms with Gasteiger partial charge < -0.3 is 14.8 Å². The van der Waals surface area contributed by atoms with Gasteiger partial charge in [-0.1, -0.05) is 118 Å². The van der Waals surface area contributed by atoms with Crippen molar-refractivity contribution in [1.29, 1.82) is 0 Å². The first kappa shape index (κ1) is 29.7. The van der Waals surface area contributed by atoms with Gasteiger partial charge in [-0.3, -0.25) is 0 Å². The summed E-state index contributed by atoms with van der Waals surface area (Å²) in [7, 11) is 0. The van der Waals surface area contributed by atoms with Crippen LogP contribution in [0.5, 0.6) is 0 Å². The Labute approximate surface area is 192 Å². The Bertz CT molecular complexity index is 437. The first-order valence-electron chi connectivity index (χ1n) is 13.0. The lowest BCUT2D eigenvalue weighted by Gasteiger charge is -2.21. The topological polar surface area (TPSA) is 64.6 Å². The van der Waals surface area contributed by atoms with Crippen molar-refractivity contribution >= 4 is 12.1 Å². The van der Waals surface area contributed by atoms with Crippen LogP contribution < -0.4 is 5.32 Å². The minimum atomic E-state index is -0.661. The summed E-state index contributed by atoms with van der Waals surface area (Å²) in [6.07, 6.45) is 17.6. The molecule has 1 amide bonds. The number of alkyl carbamates (subject to hydrolysis) is 1. The summed E-state index contributed by atoms with van der Waals surface area (Å²) in [5.41, 5.74) is 0. The molecule has 31 heavy (non-hydrogen) atoms. The van der Waals surface area contributed by atoms with Crippen LogP contribution in [0.4, 0.5) is 4.79 Å². The van der Waals surface area contributed by atoms with E-state index in [0.29, 0.717) is 13.2 Å². The highest BCUT2D eigenvalue weighted by Crippen LogP contribution is 2.13. The molecule has 0 saturated heterocycles. The number of carbonyl (C=O) groups is 2. The molecule has 0 radical (unpaired) electrons. The molecule has 5 nitrogen and oxygen atoms in total. The lowest BCUT2D eigenvalue weighted by atomic mass is 10.0. The van der Waals surface area contributed by atoms with Gasteiger partial charge in [-0.25, -0.2) is 9.59 Å². The van der Waals surface area contributed by atoms with Crippen molar-refractivity contribution in [1.82, 2.24) is 5.32 Å². The summed E-state index contributed by atoms with van der Waals surface area (Å²) < 4.78 is 10.5. The Morgan fingerprint density at radius 3 is 1.55 bits per heavy atom. The summed E-state index contributed by atoms with van der Waals surface area (Å²) in [5, 5.41) is 2.64. The summed E-state index contributed by atoms with van der Waals surface area (Å²) in [5.74, 6) is -0.155. The van der Waals surface area contributed by atoms with E-state index >= 15 is 0 Å². The molecular formula is C26H51NO4. The molecule has 1 unspecified atom stereocenters. The van der Waals surface area contributed by atoms with Crippen LogP contribution in [0.2, 0.25) is 0 Å². The van der Waals surface area contributed by atoms with E-state index in [0.717, 1.165) is 12.8 Å². The number of esters is 1. The van der Waals surface area contributed by atoms with Crippen molar-refractivity contribution in [2.75, 3.05) is 13.2 Å². The van der Waals surface area contributed by atoms with Gasteiger partial charge in [0.2, 0.25) is 0 Å². The third-order valence-corrected chi connectivity index (χ3v) is 5.48. The minimum absolute atomic E-state index is 0.0459. The Morgan fingerprint density at radius 2 is 1.13 bits per heavy atom. The quantitative estimate of drug-likeness (QED) is 0.158. The maximum atomic E-state index is 12.3. The van der Waals surface area contributed by atoms with E-state index in [-0.39, 0.29) is 17.8 Å². The fourth-order valence-corrected chi connectivity index (χ4v) is 3.47. The Hall–Kier alpha value is -1.26. The van der Waals surface area contributed by atoms with Crippen LogP contribution in [-0.2, 0) is 14.3 Å². The first-order valence-corrected chi connectivity index (χ1v) is 13.0. The molecule has 0 aromatic carbocycles. The maximum Gasteiger partial charge on any atom is 0.407 e. The third kappa shape index (κ3) is 19.2. The molecule has 0 heterocycles. The van der Waals surface area contributed by atoms with E-state index in [2.05, 4.69) is 12.2 Å². The number of nitrogens with one attached hydrogen (secondary N) is 1. The average molecular weight is 442 g/mol. The molecule has 0 fully saturated rings. The number of carbonyl (C=O) groups excluding carboxylic acids is 2. The SMILES string of the molecule is CCCCCCCCCCCCCCCCOC(=O)C(NC(=O)OCC(C)C)C(C)C. The molecule has 0 aromatic heterocycles. The number of unbranched alkanes of at least 4 members (excludes halogenated alkanes) is 13.